The molecule has 5 nitrogen and oxygen atoms in total. The Balaban J connectivity index is 0. The van der Waals surface area contributed by atoms with E-state index in [9.17, 15) is 19.5 Å². The van der Waals surface area contributed by atoms with E-state index >= 15 is 0 Å². The summed E-state index contributed by atoms with van der Waals surface area (Å²) < 4.78 is 5.07. The minimum atomic E-state index is -1.10. The van der Waals surface area contributed by atoms with Crippen LogP contribution in [0.5, 0.6) is 0 Å². The molecule has 0 aliphatic heterocycles. The fraction of sp³-hybridized carbons (Fsp3) is 0.769. The second kappa shape index (κ2) is 11.0. The topological polar surface area (TPSA) is 83.5 Å². The van der Waals surface area contributed by atoms with Gasteiger partial charge in [-0.05, 0) is 40.0 Å². The van der Waals surface area contributed by atoms with Crippen LogP contribution in [0.2, 0.25) is 0 Å². The number of rotatable bonds is 8. The van der Waals surface area contributed by atoms with Gasteiger partial charge in [0.2, 0.25) is 0 Å². The standard InChI is InChI=1S/C13H22O5.K/c1-13(2,3)18-12(17)9-8-10(14)6-4-5-7-11(15)16;/h4-9H2,1-3H3,(H,15,16);/q;+1/p-1. The molecule has 0 fully saturated rings. The number of aliphatic carboxylic acids is 1. The number of hydrogen-bond acceptors (Lipinski definition) is 5. The summed E-state index contributed by atoms with van der Waals surface area (Å²) in [6.07, 6.45) is 1.45. The van der Waals surface area contributed by atoms with Crippen molar-refractivity contribution >= 4 is 17.7 Å². The number of unbranched alkanes of at least 4 members (excludes halogenated alkanes) is 1. The molecule has 0 aliphatic carbocycles. The third-order valence-electron chi connectivity index (χ3n) is 2.11. The maximum Gasteiger partial charge on any atom is 1.00 e. The van der Waals surface area contributed by atoms with Gasteiger partial charge in [0.15, 0.2) is 0 Å². The van der Waals surface area contributed by atoms with Gasteiger partial charge in [0.1, 0.15) is 11.4 Å². The zero-order valence-electron chi connectivity index (χ0n) is 12.3. The van der Waals surface area contributed by atoms with Gasteiger partial charge < -0.3 is 14.6 Å². The molecule has 0 atom stereocenters. The van der Waals surface area contributed by atoms with Gasteiger partial charge in [-0.2, -0.15) is 0 Å². The molecule has 0 bridgehead atoms. The number of ether oxygens (including phenoxy) is 1. The third-order valence-corrected chi connectivity index (χ3v) is 2.11. The molecule has 104 valence electrons. The van der Waals surface area contributed by atoms with Gasteiger partial charge in [-0.15, -0.1) is 0 Å². The molecular formula is C13H21KO5. The average Bonchev–Trinajstić information content (AvgIpc) is 2.19. The summed E-state index contributed by atoms with van der Waals surface area (Å²) >= 11 is 0. The van der Waals surface area contributed by atoms with Crippen LogP contribution in [0.25, 0.3) is 0 Å². The summed E-state index contributed by atoms with van der Waals surface area (Å²) in [6.45, 7) is 5.31. The number of ketones is 1. The number of esters is 1. The molecule has 0 aliphatic rings. The molecule has 0 N–H and O–H groups in total. The minimum absolute atomic E-state index is 0. The van der Waals surface area contributed by atoms with Gasteiger partial charge in [-0.1, -0.05) is 0 Å². The molecule has 0 aromatic heterocycles. The minimum Gasteiger partial charge on any atom is -0.550 e. The zero-order chi connectivity index (χ0) is 14.2. The first-order valence-electron chi connectivity index (χ1n) is 6.14. The molecule has 0 amide bonds. The monoisotopic (exact) mass is 296 g/mol. The smallest absolute Gasteiger partial charge is 0.550 e. The molecule has 0 spiro atoms. The van der Waals surface area contributed by atoms with Gasteiger partial charge in [-0.25, -0.2) is 0 Å². The fourth-order valence-electron chi connectivity index (χ4n) is 1.35. The summed E-state index contributed by atoms with van der Waals surface area (Å²) in [6, 6.07) is 0. The van der Waals surface area contributed by atoms with Crippen molar-refractivity contribution in [3.63, 3.8) is 0 Å². The summed E-state index contributed by atoms with van der Waals surface area (Å²) in [4.78, 5) is 32.8. The Bertz CT molecular complexity index is 307. The zero-order valence-corrected chi connectivity index (χ0v) is 15.4. The van der Waals surface area contributed by atoms with E-state index < -0.39 is 11.6 Å². The summed E-state index contributed by atoms with van der Waals surface area (Å²) in [5, 5.41) is 10.1. The van der Waals surface area contributed by atoms with Crippen LogP contribution in [0.4, 0.5) is 0 Å². The summed E-state index contributed by atoms with van der Waals surface area (Å²) in [5.74, 6) is -1.53. The Morgan fingerprint density at radius 1 is 0.947 bits per heavy atom. The van der Waals surface area contributed by atoms with Crippen molar-refractivity contribution in [2.75, 3.05) is 0 Å². The molecular weight excluding hydrogens is 275 g/mol. The van der Waals surface area contributed by atoms with Crippen LogP contribution in [-0.2, 0) is 19.1 Å². The van der Waals surface area contributed by atoms with Crippen LogP contribution in [0.1, 0.15) is 59.3 Å². The normalized spacial score (nSPS) is 10.5. The van der Waals surface area contributed by atoms with E-state index in [1.54, 1.807) is 20.8 Å². The number of carboxylic acids is 1. The van der Waals surface area contributed by atoms with Crippen molar-refractivity contribution < 1.29 is 75.6 Å². The van der Waals surface area contributed by atoms with Crippen LogP contribution in [-0.4, -0.2) is 23.3 Å². The Morgan fingerprint density at radius 2 is 1.47 bits per heavy atom. The predicted octanol–water partition coefficient (Wildman–Crippen LogP) is -2.01. The van der Waals surface area contributed by atoms with Crippen molar-refractivity contribution in [3.8, 4) is 0 Å². The molecule has 19 heavy (non-hydrogen) atoms. The Labute approximate surface area is 156 Å². The van der Waals surface area contributed by atoms with Gasteiger partial charge >= 0.3 is 57.4 Å². The summed E-state index contributed by atoms with van der Waals surface area (Å²) in [5.41, 5.74) is -0.533. The first kappa shape index (κ1) is 21.5. The molecule has 0 heterocycles. The number of carbonyl (C=O) groups excluding carboxylic acids is 3. The summed E-state index contributed by atoms with van der Waals surface area (Å²) in [7, 11) is 0. The van der Waals surface area contributed by atoms with E-state index in [0.717, 1.165) is 0 Å². The van der Waals surface area contributed by atoms with Crippen molar-refractivity contribution in [2.24, 2.45) is 0 Å². The molecule has 0 rings (SSSR count). The maximum absolute atomic E-state index is 11.4. The van der Waals surface area contributed by atoms with Crippen molar-refractivity contribution in [1.82, 2.24) is 0 Å². The van der Waals surface area contributed by atoms with Gasteiger partial charge in [0, 0.05) is 18.8 Å². The van der Waals surface area contributed by atoms with Gasteiger partial charge in [0.25, 0.3) is 0 Å². The SMILES string of the molecule is CC(C)(C)OC(=O)CCC(=O)CCCCC(=O)[O-].[K+]. The predicted molar refractivity (Wildman–Crippen MR) is 63.6 cm³/mol. The second-order valence-electron chi connectivity index (χ2n) is 5.20. The quantitative estimate of drug-likeness (QED) is 0.294. The van der Waals surface area contributed by atoms with E-state index in [4.69, 9.17) is 4.74 Å². The Hall–Kier alpha value is 0.246. The number of Topliss-reactive ketones (excluding diaryl/α,β-unsaturated/α-hetero) is 1. The fourth-order valence-corrected chi connectivity index (χ4v) is 1.35. The van der Waals surface area contributed by atoms with Crippen molar-refractivity contribution in [3.05, 3.63) is 0 Å². The van der Waals surface area contributed by atoms with E-state index in [1.807, 2.05) is 0 Å². The van der Waals surface area contributed by atoms with Crippen LogP contribution in [0, 0.1) is 0 Å². The molecule has 6 heteroatoms. The van der Waals surface area contributed by atoms with Gasteiger partial charge in [0.05, 0.1) is 6.42 Å². The first-order chi connectivity index (χ1) is 8.20. The first-order valence-corrected chi connectivity index (χ1v) is 6.14. The molecule has 0 saturated heterocycles. The van der Waals surface area contributed by atoms with Crippen LogP contribution >= 0.6 is 0 Å². The van der Waals surface area contributed by atoms with E-state index in [1.165, 1.54) is 0 Å². The van der Waals surface area contributed by atoms with E-state index in [-0.39, 0.29) is 82.4 Å². The average molecular weight is 296 g/mol. The maximum atomic E-state index is 11.4. The number of carbonyl (C=O) groups is 3. The van der Waals surface area contributed by atoms with Crippen molar-refractivity contribution in [1.29, 1.82) is 0 Å². The van der Waals surface area contributed by atoms with Crippen LogP contribution < -0.4 is 56.5 Å². The van der Waals surface area contributed by atoms with Crippen LogP contribution in [0.3, 0.4) is 0 Å². The van der Waals surface area contributed by atoms with Crippen molar-refractivity contribution in [2.45, 2.75) is 64.9 Å². The second-order valence-corrected chi connectivity index (χ2v) is 5.20. The molecule has 0 aromatic rings. The third kappa shape index (κ3) is 16.2. The number of carboxylic acid groups (broad SMARTS) is 1. The largest absolute Gasteiger partial charge is 1.00 e. The van der Waals surface area contributed by atoms with Gasteiger partial charge in [-0.3, -0.25) is 9.59 Å². The van der Waals surface area contributed by atoms with E-state index in [0.29, 0.717) is 19.3 Å². The van der Waals surface area contributed by atoms with E-state index in [2.05, 4.69) is 0 Å². The molecule has 0 unspecified atom stereocenters. The molecule has 0 radical (unpaired) electrons. The molecule has 0 saturated carbocycles. The molecule has 0 aromatic carbocycles. The Kier molecular flexibility index (Phi) is 12.4. The Morgan fingerprint density at radius 3 is 1.95 bits per heavy atom. The number of hydrogen-bond donors (Lipinski definition) is 0. The van der Waals surface area contributed by atoms with Crippen LogP contribution in [0.15, 0.2) is 0 Å².